The molecule has 15 heavy (non-hydrogen) atoms. The topological polar surface area (TPSA) is 52.6 Å². The minimum Gasteiger partial charge on any atom is -0.469 e. The molecule has 0 saturated heterocycles. The lowest BCUT2D eigenvalue weighted by Gasteiger charge is -2.10. The Labute approximate surface area is 88.9 Å². The lowest BCUT2D eigenvalue weighted by atomic mass is 10.0. The summed E-state index contributed by atoms with van der Waals surface area (Å²) in [5.74, 6) is 0.587. The average Bonchev–Trinajstić information content (AvgIpc) is 2.73. The first-order chi connectivity index (χ1) is 7.19. The Kier molecular flexibility index (Phi) is 2.67. The van der Waals surface area contributed by atoms with Crippen LogP contribution in [0.1, 0.15) is 19.8 Å². The van der Waals surface area contributed by atoms with E-state index in [9.17, 15) is 9.59 Å². The van der Waals surface area contributed by atoms with Crippen LogP contribution in [0, 0.1) is 23.7 Å². The number of hydrogen-bond donors (Lipinski definition) is 0. The Morgan fingerprint density at radius 3 is 2.27 bits per heavy atom. The maximum atomic E-state index is 11.4. The molecule has 0 spiro atoms. The summed E-state index contributed by atoms with van der Waals surface area (Å²) >= 11 is 0. The monoisotopic (exact) mass is 212 g/mol. The fraction of sp³-hybridized carbons (Fsp3) is 0.818. The molecule has 0 aromatic heterocycles. The number of hydrogen-bond acceptors (Lipinski definition) is 4. The highest BCUT2D eigenvalue weighted by atomic mass is 16.5. The van der Waals surface area contributed by atoms with Crippen LogP contribution in [0.4, 0.5) is 0 Å². The lowest BCUT2D eigenvalue weighted by Crippen LogP contribution is -2.18. The van der Waals surface area contributed by atoms with E-state index in [2.05, 4.69) is 0 Å². The zero-order chi connectivity index (χ0) is 11.0. The summed E-state index contributed by atoms with van der Waals surface area (Å²) in [4.78, 5) is 22.7. The molecule has 2 rings (SSSR count). The molecule has 0 bridgehead atoms. The van der Waals surface area contributed by atoms with Gasteiger partial charge in [0.15, 0.2) is 0 Å². The van der Waals surface area contributed by atoms with E-state index in [4.69, 9.17) is 9.47 Å². The van der Waals surface area contributed by atoms with Gasteiger partial charge in [-0.15, -0.1) is 0 Å². The Morgan fingerprint density at radius 2 is 1.80 bits per heavy atom. The van der Waals surface area contributed by atoms with E-state index in [1.807, 2.05) is 6.92 Å². The van der Waals surface area contributed by atoms with Gasteiger partial charge in [0.05, 0.1) is 25.6 Å². The number of fused-ring (bicyclic) bond motifs is 1. The molecule has 0 aromatic rings. The van der Waals surface area contributed by atoms with E-state index in [1.165, 1.54) is 7.11 Å². The second kappa shape index (κ2) is 3.83. The quantitative estimate of drug-likeness (QED) is 0.655. The number of esters is 2. The van der Waals surface area contributed by atoms with Crippen molar-refractivity contribution in [1.29, 1.82) is 0 Å². The van der Waals surface area contributed by atoms with E-state index in [0.717, 1.165) is 12.8 Å². The van der Waals surface area contributed by atoms with Gasteiger partial charge in [-0.1, -0.05) is 0 Å². The maximum Gasteiger partial charge on any atom is 0.309 e. The first-order valence-corrected chi connectivity index (χ1v) is 5.43. The van der Waals surface area contributed by atoms with Crippen molar-refractivity contribution in [3.05, 3.63) is 0 Å². The van der Waals surface area contributed by atoms with Gasteiger partial charge in [-0.25, -0.2) is 0 Å². The number of ether oxygens (including phenoxy) is 2. The van der Waals surface area contributed by atoms with Crippen molar-refractivity contribution in [3.63, 3.8) is 0 Å². The second-order valence-electron chi connectivity index (χ2n) is 4.30. The molecule has 0 unspecified atom stereocenters. The van der Waals surface area contributed by atoms with Crippen LogP contribution in [0.3, 0.4) is 0 Å². The first-order valence-electron chi connectivity index (χ1n) is 5.43. The van der Waals surface area contributed by atoms with Crippen LogP contribution in [0.2, 0.25) is 0 Å². The van der Waals surface area contributed by atoms with Crippen LogP contribution in [-0.4, -0.2) is 25.7 Å². The van der Waals surface area contributed by atoms with Crippen LogP contribution < -0.4 is 0 Å². The van der Waals surface area contributed by atoms with E-state index in [1.54, 1.807) is 0 Å². The number of carbonyl (C=O) groups excluding carboxylic acids is 2. The number of methoxy groups -OCH3 is 1. The third-order valence-electron chi connectivity index (χ3n) is 3.54. The van der Waals surface area contributed by atoms with E-state index >= 15 is 0 Å². The predicted octanol–water partition coefficient (Wildman–Crippen LogP) is 0.995. The molecule has 4 atom stereocenters. The molecule has 2 aliphatic rings. The largest absolute Gasteiger partial charge is 0.469 e. The summed E-state index contributed by atoms with van der Waals surface area (Å²) < 4.78 is 9.66. The molecule has 0 aliphatic heterocycles. The lowest BCUT2D eigenvalue weighted by molar-refractivity contribution is -0.149. The third kappa shape index (κ3) is 1.73. The van der Waals surface area contributed by atoms with Crippen molar-refractivity contribution in [2.45, 2.75) is 19.8 Å². The molecule has 4 nitrogen and oxygen atoms in total. The van der Waals surface area contributed by atoms with Crippen molar-refractivity contribution < 1.29 is 19.1 Å². The van der Waals surface area contributed by atoms with Crippen molar-refractivity contribution in [2.24, 2.45) is 23.7 Å². The van der Waals surface area contributed by atoms with Crippen molar-refractivity contribution >= 4 is 11.9 Å². The molecule has 2 saturated carbocycles. The summed E-state index contributed by atoms with van der Waals surface area (Å²) in [5, 5.41) is 0. The summed E-state index contributed by atoms with van der Waals surface area (Å²) in [7, 11) is 1.41. The van der Waals surface area contributed by atoms with E-state index in [0.29, 0.717) is 18.4 Å². The fourth-order valence-electron chi connectivity index (χ4n) is 2.79. The number of rotatable bonds is 3. The summed E-state index contributed by atoms with van der Waals surface area (Å²) in [6.07, 6.45) is 1.58. The van der Waals surface area contributed by atoms with Crippen molar-refractivity contribution in [1.82, 2.24) is 0 Å². The van der Waals surface area contributed by atoms with Gasteiger partial charge in [0.2, 0.25) is 0 Å². The molecule has 0 radical (unpaired) electrons. The van der Waals surface area contributed by atoms with Crippen molar-refractivity contribution in [3.8, 4) is 0 Å². The molecule has 0 N–H and O–H groups in total. The highest BCUT2D eigenvalue weighted by Gasteiger charge is 2.61. The van der Waals surface area contributed by atoms with Gasteiger partial charge >= 0.3 is 11.9 Å². The fourth-order valence-corrected chi connectivity index (χ4v) is 2.79. The van der Waals surface area contributed by atoms with Crippen LogP contribution in [0.5, 0.6) is 0 Å². The van der Waals surface area contributed by atoms with Crippen molar-refractivity contribution in [2.75, 3.05) is 13.7 Å². The zero-order valence-electron chi connectivity index (χ0n) is 9.06. The highest BCUT2D eigenvalue weighted by molar-refractivity contribution is 5.79. The Balaban J connectivity index is 1.83. The number of carbonyl (C=O) groups is 2. The van der Waals surface area contributed by atoms with Crippen LogP contribution in [-0.2, 0) is 19.1 Å². The van der Waals surface area contributed by atoms with E-state index < -0.39 is 0 Å². The highest BCUT2D eigenvalue weighted by Crippen LogP contribution is 2.60. The molecular weight excluding hydrogens is 196 g/mol. The summed E-state index contributed by atoms with van der Waals surface area (Å²) in [5.41, 5.74) is 0. The smallest absolute Gasteiger partial charge is 0.309 e. The standard InChI is InChI=1S/C11H16O4/c1-3-15-11(13)9-7-4-6(5-8(7)9)10(12)14-2/h6-9H,3-5H2,1-2H3/t6-,7+,8-,9+. The zero-order valence-corrected chi connectivity index (χ0v) is 9.06. The molecule has 2 fully saturated rings. The van der Waals surface area contributed by atoms with Gasteiger partial charge in [0, 0.05) is 0 Å². The minimum atomic E-state index is -0.134. The molecule has 0 amide bonds. The van der Waals surface area contributed by atoms with Gasteiger partial charge in [-0.2, -0.15) is 0 Å². The molecule has 0 aromatic carbocycles. The molecule has 0 heterocycles. The van der Waals surface area contributed by atoms with Gasteiger partial charge in [0.25, 0.3) is 0 Å². The normalized spacial score (nSPS) is 36.9. The minimum absolute atomic E-state index is 0.00989. The Hall–Kier alpha value is -1.06. The SMILES string of the molecule is CCOC(=O)[C@@H]1[C@@H]2C[C@H](C(=O)OC)C[C@@H]21. The average molecular weight is 212 g/mol. The van der Waals surface area contributed by atoms with E-state index in [-0.39, 0.29) is 23.8 Å². The molecular formula is C11H16O4. The van der Waals surface area contributed by atoms with Crippen LogP contribution in [0.15, 0.2) is 0 Å². The van der Waals surface area contributed by atoms with Gasteiger partial charge in [0.1, 0.15) is 0 Å². The summed E-state index contributed by atoms with van der Waals surface area (Å²) in [6, 6.07) is 0. The molecule has 84 valence electrons. The first kappa shape index (κ1) is 10.5. The van der Waals surface area contributed by atoms with Gasteiger partial charge in [-0.05, 0) is 31.6 Å². The third-order valence-corrected chi connectivity index (χ3v) is 3.54. The maximum absolute atomic E-state index is 11.4. The molecule has 4 heteroatoms. The Bertz CT molecular complexity index is 274. The Morgan fingerprint density at radius 1 is 1.20 bits per heavy atom. The van der Waals surface area contributed by atoms with Crippen LogP contribution >= 0.6 is 0 Å². The molecule has 2 aliphatic carbocycles. The van der Waals surface area contributed by atoms with Crippen LogP contribution in [0.25, 0.3) is 0 Å². The summed E-state index contributed by atoms with van der Waals surface area (Å²) in [6.45, 7) is 2.25. The van der Waals surface area contributed by atoms with Gasteiger partial charge < -0.3 is 9.47 Å². The second-order valence-corrected chi connectivity index (χ2v) is 4.30. The predicted molar refractivity (Wildman–Crippen MR) is 51.8 cm³/mol. The van der Waals surface area contributed by atoms with Gasteiger partial charge in [-0.3, -0.25) is 9.59 Å².